The van der Waals surface area contributed by atoms with Gasteiger partial charge in [-0.05, 0) is 0 Å². The van der Waals surface area contributed by atoms with Gasteiger partial charge in [0.05, 0.1) is 12.1 Å². The van der Waals surface area contributed by atoms with Gasteiger partial charge in [0.2, 0.25) is 5.91 Å². The third-order valence-corrected chi connectivity index (χ3v) is 3.74. The number of anilines is 1. The molecule has 1 amide bonds. The number of aliphatic hydroxyl groups excluding tert-OH is 1. The Labute approximate surface area is 108 Å². The smallest absolute Gasteiger partial charge is 0.303 e. The van der Waals surface area contributed by atoms with E-state index in [0.717, 1.165) is 0 Å². The zero-order chi connectivity index (χ0) is 13.1. The first-order valence-electron chi connectivity index (χ1n) is 5.67. The van der Waals surface area contributed by atoms with Gasteiger partial charge in [0.1, 0.15) is 0 Å². The molecule has 1 atom stereocenters. The topological polar surface area (TPSA) is 90.7 Å². The Kier molecular flexibility index (Phi) is 3.93. The van der Waals surface area contributed by atoms with E-state index in [1.54, 1.807) is 10.3 Å². The minimum atomic E-state index is -0.859. The summed E-state index contributed by atoms with van der Waals surface area (Å²) in [6, 6.07) is 0. The molecule has 0 aromatic carbocycles. The molecule has 6 nitrogen and oxygen atoms in total. The van der Waals surface area contributed by atoms with Crippen molar-refractivity contribution in [3.63, 3.8) is 0 Å². The van der Waals surface area contributed by atoms with Crippen LogP contribution in [0.4, 0.5) is 5.13 Å². The number of carbonyl (C=O) groups is 2. The van der Waals surface area contributed by atoms with Crippen molar-refractivity contribution in [1.82, 2.24) is 4.98 Å². The van der Waals surface area contributed by atoms with Gasteiger partial charge >= 0.3 is 5.97 Å². The molecule has 0 bridgehead atoms. The maximum Gasteiger partial charge on any atom is 0.303 e. The third kappa shape index (κ3) is 2.85. The Morgan fingerprint density at radius 1 is 1.61 bits per heavy atom. The van der Waals surface area contributed by atoms with Crippen molar-refractivity contribution in [3.05, 3.63) is 11.1 Å². The number of carboxylic acids is 1. The zero-order valence-electron chi connectivity index (χ0n) is 9.70. The first-order valence-corrected chi connectivity index (χ1v) is 6.55. The summed E-state index contributed by atoms with van der Waals surface area (Å²) in [7, 11) is 0. The molecule has 0 saturated carbocycles. The van der Waals surface area contributed by atoms with E-state index in [2.05, 4.69) is 4.98 Å². The number of hydrogen-bond donors (Lipinski definition) is 2. The highest BCUT2D eigenvalue weighted by Gasteiger charge is 2.31. The summed E-state index contributed by atoms with van der Waals surface area (Å²) < 4.78 is 0. The van der Waals surface area contributed by atoms with Gasteiger partial charge in [0, 0.05) is 37.3 Å². The average molecular weight is 270 g/mol. The molecule has 2 rings (SSSR count). The minimum absolute atomic E-state index is 0.000509. The quantitative estimate of drug-likeness (QED) is 0.813. The van der Waals surface area contributed by atoms with Crippen LogP contribution in [0.3, 0.4) is 0 Å². The van der Waals surface area contributed by atoms with Gasteiger partial charge in [-0.3, -0.25) is 14.5 Å². The van der Waals surface area contributed by atoms with Crippen molar-refractivity contribution >= 4 is 28.3 Å². The van der Waals surface area contributed by atoms with E-state index < -0.39 is 5.97 Å². The zero-order valence-corrected chi connectivity index (χ0v) is 10.5. The molecule has 0 aliphatic carbocycles. The van der Waals surface area contributed by atoms with Gasteiger partial charge in [-0.25, -0.2) is 4.98 Å². The number of carboxylic acid groups (broad SMARTS) is 1. The summed E-state index contributed by atoms with van der Waals surface area (Å²) in [5.41, 5.74) is 0.692. The van der Waals surface area contributed by atoms with E-state index in [-0.39, 0.29) is 24.9 Å². The van der Waals surface area contributed by atoms with E-state index in [1.165, 1.54) is 11.3 Å². The number of thiazole rings is 1. The SMILES string of the molecule is O=C(O)CCc1csc(N2CC(CO)CC2=O)n1. The summed E-state index contributed by atoms with van der Waals surface area (Å²) in [5, 5.41) is 20.0. The molecule has 0 spiro atoms. The molecule has 2 heterocycles. The monoisotopic (exact) mass is 270 g/mol. The Balaban J connectivity index is 2.01. The van der Waals surface area contributed by atoms with Crippen molar-refractivity contribution in [3.8, 4) is 0 Å². The van der Waals surface area contributed by atoms with Crippen LogP contribution in [-0.4, -0.2) is 40.2 Å². The first-order chi connectivity index (χ1) is 8.60. The lowest BCUT2D eigenvalue weighted by atomic mass is 10.1. The van der Waals surface area contributed by atoms with Gasteiger partial charge in [0.15, 0.2) is 5.13 Å². The molecular formula is C11H14N2O4S. The van der Waals surface area contributed by atoms with E-state index in [0.29, 0.717) is 30.2 Å². The molecule has 2 N–H and O–H groups in total. The molecule has 1 aromatic heterocycles. The Bertz CT molecular complexity index is 460. The molecule has 1 aromatic rings. The van der Waals surface area contributed by atoms with E-state index in [9.17, 15) is 9.59 Å². The fraction of sp³-hybridized carbons (Fsp3) is 0.545. The van der Waals surface area contributed by atoms with Crippen molar-refractivity contribution in [2.75, 3.05) is 18.1 Å². The number of aliphatic hydroxyl groups is 1. The highest BCUT2D eigenvalue weighted by molar-refractivity contribution is 7.14. The van der Waals surface area contributed by atoms with Crippen LogP contribution in [0.1, 0.15) is 18.5 Å². The molecule has 1 unspecified atom stereocenters. The van der Waals surface area contributed by atoms with Crippen LogP contribution in [-0.2, 0) is 16.0 Å². The molecule has 1 fully saturated rings. The minimum Gasteiger partial charge on any atom is -0.481 e. The first kappa shape index (κ1) is 13.0. The molecule has 0 radical (unpaired) electrons. The fourth-order valence-corrected chi connectivity index (χ4v) is 2.74. The van der Waals surface area contributed by atoms with E-state index in [4.69, 9.17) is 10.2 Å². The van der Waals surface area contributed by atoms with Crippen LogP contribution in [0.25, 0.3) is 0 Å². The standard InChI is InChI=1S/C11H14N2O4S/c14-5-7-3-9(15)13(4-7)11-12-8(6-18-11)1-2-10(16)17/h6-7,14H,1-5H2,(H,16,17). The van der Waals surface area contributed by atoms with Crippen LogP contribution in [0.15, 0.2) is 5.38 Å². The summed E-state index contributed by atoms with van der Waals surface area (Å²) in [5.74, 6) is -0.917. The second kappa shape index (κ2) is 5.45. The number of nitrogens with zero attached hydrogens (tertiary/aromatic N) is 2. The number of rotatable bonds is 5. The molecule has 1 aliphatic heterocycles. The fourth-order valence-electron chi connectivity index (χ4n) is 1.86. The van der Waals surface area contributed by atoms with Gasteiger partial charge < -0.3 is 10.2 Å². The van der Waals surface area contributed by atoms with Crippen molar-refractivity contribution in [1.29, 1.82) is 0 Å². The molecule has 1 saturated heterocycles. The summed E-state index contributed by atoms with van der Waals surface area (Å²) >= 11 is 1.33. The third-order valence-electron chi connectivity index (χ3n) is 2.83. The van der Waals surface area contributed by atoms with Gasteiger partial charge in [-0.2, -0.15) is 0 Å². The van der Waals surface area contributed by atoms with Crippen LogP contribution in [0.2, 0.25) is 0 Å². The number of aromatic nitrogens is 1. The lowest BCUT2D eigenvalue weighted by Crippen LogP contribution is -2.24. The largest absolute Gasteiger partial charge is 0.481 e. The Hall–Kier alpha value is -1.47. The van der Waals surface area contributed by atoms with Crippen LogP contribution in [0.5, 0.6) is 0 Å². The summed E-state index contributed by atoms with van der Waals surface area (Å²) in [6.07, 6.45) is 0.758. The average Bonchev–Trinajstić information content (AvgIpc) is 2.92. The lowest BCUT2D eigenvalue weighted by Gasteiger charge is -2.11. The number of amides is 1. The van der Waals surface area contributed by atoms with E-state index in [1.807, 2.05) is 0 Å². The predicted octanol–water partition coefficient (Wildman–Crippen LogP) is 0.506. The second-order valence-corrected chi connectivity index (χ2v) is 5.11. The van der Waals surface area contributed by atoms with Crippen LogP contribution in [0, 0.1) is 5.92 Å². The number of carbonyl (C=O) groups excluding carboxylic acids is 1. The second-order valence-electron chi connectivity index (χ2n) is 4.27. The summed E-state index contributed by atoms with van der Waals surface area (Å²) in [4.78, 5) is 28.0. The molecule has 18 heavy (non-hydrogen) atoms. The van der Waals surface area contributed by atoms with Gasteiger partial charge in [-0.1, -0.05) is 0 Å². The van der Waals surface area contributed by atoms with E-state index >= 15 is 0 Å². The van der Waals surface area contributed by atoms with Gasteiger partial charge in [-0.15, -0.1) is 11.3 Å². The van der Waals surface area contributed by atoms with Crippen molar-refractivity contribution in [2.24, 2.45) is 5.92 Å². The van der Waals surface area contributed by atoms with Gasteiger partial charge in [0.25, 0.3) is 0 Å². The molecule has 7 heteroatoms. The summed E-state index contributed by atoms with van der Waals surface area (Å²) in [6.45, 7) is 0.487. The Morgan fingerprint density at radius 2 is 2.39 bits per heavy atom. The van der Waals surface area contributed by atoms with Crippen molar-refractivity contribution in [2.45, 2.75) is 19.3 Å². The highest BCUT2D eigenvalue weighted by Crippen LogP contribution is 2.28. The maximum atomic E-state index is 11.7. The van der Waals surface area contributed by atoms with Crippen molar-refractivity contribution < 1.29 is 19.8 Å². The molecule has 98 valence electrons. The van der Waals surface area contributed by atoms with Crippen LogP contribution < -0.4 is 4.90 Å². The predicted molar refractivity (Wildman–Crippen MR) is 65.6 cm³/mol. The highest BCUT2D eigenvalue weighted by atomic mass is 32.1. The number of hydrogen-bond acceptors (Lipinski definition) is 5. The molecular weight excluding hydrogens is 256 g/mol. The Morgan fingerprint density at radius 3 is 3.00 bits per heavy atom. The number of aliphatic carboxylic acids is 1. The number of aryl methyl sites for hydroxylation is 1. The maximum absolute atomic E-state index is 11.7. The lowest BCUT2D eigenvalue weighted by molar-refractivity contribution is -0.137. The normalized spacial score (nSPS) is 19.5. The molecule has 1 aliphatic rings. The van der Waals surface area contributed by atoms with Crippen LogP contribution >= 0.6 is 11.3 Å².